The van der Waals surface area contributed by atoms with E-state index in [9.17, 15) is 0 Å². The van der Waals surface area contributed by atoms with Crippen LogP contribution in [0.2, 0.25) is 0 Å². The summed E-state index contributed by atoms with van der Waals surface area (Å²) in [6, 6.07) is 2.20. The van der Waals surface area contributed by atoms with E-state index >= 15 is 0 Å². The summed E-state index contributed by atoms with van der Waals surface area (Å²) in [6.07, 6.45) is 2.31. The number of rotatable bonds is 3. The molecule has 0 aromatic heterocycles. The van der Waals surface area contributed by atoms with Crippen LogP contribution in [0.1, 0.15) is 37.0 Å². The van der Waals surface area contributed by atoms with Crippen molar-refractivity contribution >= 4 is 0 Å². The number of aryl methyl sites for hydroxylation is 2. The van der Waals surface area contributed by atoms with Crippen LogP contribution >= 0.6 is 0 Å². The maximum Gasteiger partial charge on any atom is 0.165 e. The molecule has 88 valence electrons. The minimum absolute atomic E-state index is 0.277. The fourth-order valence-electron chi connectivity index (χ4n) is 2.26. The van der Waals surface area contributed by atoms with Crippen LogP contribution in [-0.4, -0.2) is 12.7 Å². The van der Waals surface area contributed by atoms with Crippen LogP contribution in [0.3, 0.4) is 0 Å². The lowest BCUT2D eigenvalue weighted by Crippen LogP contribution is -2.06. The Morgan fingerprint density at radius 1 is 1.38 bits per heavy atom. The molecule has 0 bridgehead atoms. The smallest absolute Gasteiger partial charge is 0.165 e. The Morgan fingerprint density at radius 2 is 2.12 bits per heavy atom. The van der Waals surface area contributed by atoms with Crippen LogP contribution in [0.4, 0.5) is 0 Å². The number of ether oxygens (including phenoxy) is 2. The predicted molar refractivity (Wildman–Crippen MR) is 65.5 cm³/mol. The summed E-state index contributed by atoms with van der Waals surface area (Å²) >= 11 is 0. The van der Waals surface area contributed by atoms with Gasteiger partial charge in [-0.3, -0.25) is 0 Å². The van der Waals surface area contributed by atoms with Crippen molar-refractivity contribution in [2.45, 2.75) is 46.6 Å². The maximum absolute atomic E-state index is 5.87. The van der Waals surface area contributed by atoms with Gasteiger partial charge in [-0.2, -0.15) is 0 Å². The first-order chi connectivity index (χ1) is 7.63. The molecule has 1 aliphatic rings. The van der Waals surface area contributed by atoms with Gasteiger partial charge in [-0.05, 0) is 38.3 Å². The highest BCUT2D eigenvalue weighted by molar-refractivity contribution is 5.57. The highest BCUT2D eigenvalue weighted by Gasteiger charge is 2.26. The van der Waals surface area contributed by atoms with Gasteiger partial charge in [0.25, 0.3) is 0 Å². The largest absolute Gasteiger partial charge is 0.489 e. The minimum Gasteiger partial charge on any atom is -0.489 e. The van der Waals surface area contributed by atoms with Gasteiger partial charge in [0.05, 0.1) is 6.61 Å². The van der Waals surface area contributed by atoms with Crippen LogP contribution in [0, 0.1) is 13.8 Å². The van der Waals surface area contributed by atoms with Gasteiger partial charge in [0.2, 0.25) is 0 Å². The Labute approximate surface area is 97.6 Å². The summed E-state index contributed by atoms with van der Waals surface area (Å²) in [6.45, 7) is 9.22. The normalized spacial score (nSPS) is 18.1. The molecule has 2 heteroatoms. The van der Waals surface area contributed by atoms with Crippen molar-refractivity contribution in [1.29, 1.82) is 0 Å². The molecular weight excluding hydrogens is 200 g/mol. The Morgan fingerprint density at radius 3 is 2.81 bits per heavy atom. The maximum atomic E-state index is 5.87. The molecule has 0 aliphatic carbocycles. The molecule has 1 heterocycles. The Balaban J connectivity index is 2.41. The molecule has 2 rings (SSSR count). The quantitative estimate of drug-likeness (QED) is 0.777. The summed E-state index contributed by atoms with van der Waals surface area (Å²) in [5.74, 6) is 1.94. The molecule has 0 N–H and O–H groups in total. The van der Waals surface area contributed by atoms with Gasteiger partial charge in [0.1, 0.15) is 6.10 Å². The lowest BCUT2D eigenvalue weighted by Gasteiger charge is -2.14. The molecule has 0 radical (unpaired) electrons. The molecule has 1 aliphatic heterocycles. The molecule has 1 aromatic rings. The molecule has 0 saturated heterocycles. The zero-order chi connectivity index (χ0) is 11.7. The molecule has 1 atom stereocenters. The molecule has 0 saturated carbocycles. The first kappa shape index (κ1) is 11.3. The molecule has 2 nitrogen and oxygen atoms in total. The number of hydrogen-bond donors (Lipinski definition) is 0. The summed E-state index contributed by atoms with van der Waals surface area (Å²) in [5.41, 5.74) is 3.82. The van der Waals surface area contributed by atoms with E-state index < -0.39 is 0 Å². The summed E-state index contributed by atoms with van der Waals surface area (Å²) in [7, 11) is 0. The van der Waals surface area contributed by atoms with Gasteiger partial charge < -0.3 is 9.47 Å². The molecule has 16 heavy (non-hydrogen) atoms. The van der Waals surface area contributed by atoms with Crippen molar-refractivity contribution in [2.75, 3.05) is 6.61 Å². The van der Waals surface area contributed by atoms with E-state index in [1.54, 1.807) is 0 Å². The fraction of sp³-hybridized carbons (Fsp3) is 0.571. The molecule has 1 unspecified atom stereocenters. The van der Waals surface area contributed by atoms with Gasteiger partial charge in [-0.15, -0.1) is 0 Å². The Bertz CT molecular complexity index is 396. The molecule has 0 fully saturated rings. The van der Waals surface area contributed by atoms with Crippen molar-refractivity contribution < 1.29 is 9.47 Å². The molecular formula is C14H20O2. The van der Waals surface area contributed by atoms with Crippen molar-refractivity contribution in [1.82, 2.24) is 0 Å². The third-order valence-electron chi connectivity index (χ3n) is 3.01. The van der Waals surface area contributed by atoms with E-state index in [-0.39, 0.29) is 6.10 Å². The second-order valence-corrected chi connectivity index (χ2v) is 4.63. The lowest BCUT2D eigenvalue weighted by molar-refractivity contribution is 0.233. The predicted octanol–water partition coefficient (Wildman–Crippen LogP) is 3.42. The standard InChI is InChI=1S/C14H20O2/c1-5-6-15-13-10(3)7-9(2)12-8-11(4)16-14(12)13/h7,11H,5-6,8H2,1-4H3. The SMILES string of the molecule is CCCOc1c(C)cc(C)c2c1OC(C)C2. The Hall–Kier alpha value is -1.18. The van der Waals surface area contributed by atoms with E-state index in [2.05, 4.69) is 33.8 Å². The van der Waals surface area contributed by atoms with Crippen LogP contribution in [0.15, 0.2) is 6.07 Å². The second-order valence-electron chi connectivity index (χ2n) is 4.63. The van der Waals surface area contributed by atoms with Gasteiger partial charge in [-0.25, -0.2) is 0 Å². The molecule has 0 amide bonds. The molecule has 1 aromatic carbocycles. The van der Waals surface area contributed by atoms with Crippen molar-refractivity contribution in [3.63, 3.8) is 0 Å². The highest BCUT2D eigenvalue weighted by Crippen LogP contribution is 2.42. The summed E-state index contributed by atoms with van der Waals surface area (Å²) in [5, 5.41) is 0. The third kappa shape index (κ3) is 1.89. The monoisotopic (exact) mass is 220 g/mol. The van der Waals surface area contributed by atoms with Crippen molar-refractivity contribution in [3.8, 4) is 11.5 Å². The van der Waals surface area contributed by atoms with Crippen LogP contribution in [0.25, 0.3) is 0 Å². The van der Waals surface area contributed by atoms with E-state index in [1.807, 2.05) is 0 Å². The van der Waals surface area contributed by atoms with Crippen LogP contribution < -0.4 is 9.47 Å². The van der Waals surface area contributed by atoms with Gasteiger partial charge >= 0.3 is 0 Å². The van der Waals surface area contributed by atoms with E-state index in [0.717, 1.165) is 30.9 Å². The first-order valence-corrected chi connectivity index (χ1v) is 6.06. The van der Waals surface area contributed by atoms with Gasteiger partial charge in [0, 0.05) is 12.0 Å². The number of benzene rings is 1. The van der Waals surface area contributed by atoms with E-state index in [4.69, 9.17) is 9.47 Å². The number of fused-ring (bicyclic) bond motifs is 1. The van der Waals surface area contributed by atoms with E-state index in [1.165, 1.54) is 16.7 Å². The number of hydrogen-bond acceptors (Lipinski definition) is 2. The summed E-state index contributed by atoms with van der Waals surface area (Å²) < 4.78 is 11.7. The Kier molecular flexibility index (Phi) is 3.08. The minimum atomic E-state index is 0.277. The zero-order valence-electron chi connectivity index (χ0n) is 10.6. The van der Waals surface area contributed by atoms with Crippen LogP contribution in [-0.2, 0) is 6.42 Å². The lowest BCUT2D eigenvalue weighted by atomic mass is 10.0. The second kappa shape index (κ2) is 4.36. The van der Waals surface area contributed by atoms with Gasteiger partial charge in [0.15, 0.2) is 11.5 Å². The zero-order valence-corrected chi connectivity index (χ0v) is 10.6. The topological polar surface area (TPSA) is 18.5 Å². The third-order valence-corrected chi connectivity index (χ3v) is 3.01. The fourth-order valence-corrected chi connectivity index (χ4v) is 2.26. The van der Waals surface area contributed by atoms with Crippen molar-refractivity contribution in [2.24, 2.45) is 0 Å². The highest BCUT2D eigenvalue weighted by atomic mass is 16.5. The molecule has 0 spiro atoms. The van der Waals surface area contributed by atoms with Crippen LogP contribution in [0.5, 0.6) is 11.5 Å². The average Bonchev–Trinajstić information content (AvgIpc) is 2.60. The van der Waals surface area contributed by atoms with E-state index in [0.29, 0.717) is 0 Å². The van der Waals surface area contributed by atoms with Gasteiger partial charge in [-0.1, -0.05) is 13.0 Å². The van der Waals surface area contributed by atoms with Crippen molar-refractivity contribution in [3.05, 3.63) is 22.8 Å². The summed E-state index contributed by atoms with van der Waals surface area (Å²) in [4.78, 5) is 0. The average molecular weight is 220 g/mol. The first-order valence-electron chi connectivity index (χ1n) is 6.06.